The van der Waals surface area contributed by atoms with Gasteiger partial charge in [-0.2, -0.15) is 5.10 Å². The number of aromatic amines is 1. The SMILES string of the molecule is CN(C)c1c(F)c(Cl)c(-c2ccc3nc(NC(=O)C4CC4F)cn3c2)c2cn[nH]c12. The van der Waals surface area contributed by atoms with E-state index in [1.807, 2.05) is 0 Å². The molecule has 1 aromatic carbocycles. The van der Waals surface area contributed by atoms with Crippen molar-refractivity contribution in [2.75, 3.05) is 24.3 Å². The lowest BCUT2D eigenvalue weighted by atomic mass is 10.0. The van der Waals surface area contributed by atoms with Gasteiger partial charge in [-0.1, -0.05) is 11.6 Å². The van der Waals surface area contributed by atoms with Crippen LogP contribution in [-0.2, 0) is 4.79 Å². The molecule has 0 bridgehead atoms. The summed E-state index contributed by atoms with van der Waals surface area (Å²) in [6, 6.07) is 3.51. The second-order valence-corrected chi connectivity index (χ2v) is 7.94. The zero-order chi connectivity index (χ0) is 21.2. The highest BCUT2D eigenvalue weighted by molar-refractivity contribution is 6.36. The Bertz CT molecular complexity index is 1310. The summed E-state index contributed by atoms with van der Waals surface area (Å²) in [6.07, 6.45) is 4.15. The summed E-state index contributed by atoms with van der Waals surface area (Å²) in [5.41, 5.74) is 2.61. The van der Waals surface area contributed by atoms with Crippen molar-refractivity contribution in [3.05, 3.63) is 41.6 Å². The highest BCUT2D eigenvalue weighted by Gasteiger charge is 2.43. The molecule has 154 valence electrons. The minimum absolute atomic E-state index is 0.0108. The van der Waals surface area contributed by atoms with Crippen LogP contribution in [0, 0.1) is 11.7 Å². The van der Waals surface area contributed by atoms with E-state index in [-0.39, 0.29) is 17.4 Å². The molecule has 0 saturated heterocycles. The lowest BCUT2D eigenvalue weighted by Gasteiger charge is -2.18. The molecule has 3 aromatic heterocycles. The van der Waals surface area contributed by atoms with Crippen molar-refractivity contribution in [2.45, 2.75) is 12.6 Å². The number of nitrogens with one attached hydrogen (secondary N) is 2. The van der Waals surface area contributed by atoms with Crippen molar-refractivity contribution < 1.29 is 13.6 Å². The topological polar surface area (TPSA) is 78.3 Å². The van der Waals surface area contributed by atoms with E-state index >= 15 is 4.39 Å². The van der Waals surface area contributed by atoms with Gasteiger partial charge in [-0.3, -0.25) is 9.89 Å². The Labute approximate surface area is 174 Å². The number of pyridine rings is 1. The Kier molecular flexibility index (Phi) is 4.18. The molecule has 5 rings (SSSR count). The lowest BCUT2D eigenvalue weighted by molar-refractivity contribution is -0.117. The molecule has 30 heavy (non-hydrogen) atoms. The van der Waals surface area contributed by atoms with E-state index in [4.69, 9.17) is 11.6 Å². The summed E-state index contributed by atoms with van der Waals surface area (Å²) < 4.78 is 29.8. The number of H-pyrrole nitrogens is 1. The number of nitrogens with zero attached hydrogens (tertiary/aromatic N) is 4. The van der Waals surface area contributed by atoms with Crippen LogP contribution in [0.25, 0.3) is 27.7 Å². The monoisotopic (exact) mass is 430 g/mol. The number of hydrogen-bond acceptors (Lipinski definition) is 4. The third-order valence-corrected chi connectivity index (χ3v) is 5.61. The second kappa shape index (κ2) is 6.66. The summed E-state index contributed by atoms with van der Waals surface area (Å²) >= 11 is 6.43. The van der Waals surface area contributed by atoms with Crippen LogP contribution < -0.4 is 10.2 Å². The van der Waals surface area contributed by atoms with Crippen LogP contribution in [0.2, 0.25) is 5.02 Å². The van der Waals surface area contributed by atoms with Crippen LogP contribution in [0.3, 0.4) is 0 Å². The summed E-state index contributed by atoms with van der Waals surface area (Å²) in [5.74, 6) is -1.20. The summed E-state index contributed by atoms with van der Waals surface area (Å²) in [7, 11) is 3.46. The molecule has 1 fully saturated rings. The first-order valence-electron chi connectivity index (χ1n) is 9.30. The van der Waals surface area contributed by atoms with Gasteiger partial charge in [0.25, 0.3) is 0 Å². The predicted molar refractivity (Wildman–Crippen MR) is 111 cm³/mol. The molecule has 1 saturated carbocycles. The average Bonchev–Trinajstić information content (AvgIpc) is 3.08. The number of imidazole rings is 1. The summed E-state index contributed by atoms with van der Waals surface area (Å²) in [5, 5.41) is 10.2. The number of carbonyl (C=O) groups is 1. The quantitative estimate of drug-likeness (QED) is 0.512. The number of aromatic nitrogens is 4. The van der Waals surface area contributed by atoms with Gasteiger partial charge >= 0.3 is 0 Å². The molecule has 2 atom stereocenters. The molecule has 0 aliphatic heterocycles. The standard InChI is InChI=1S/C20H17ClF2N6O/c1-28(2)19-17(23)16(21)15(11-6-24-27-18(11)19)9-3-4-14-25-13(8-29(14)7-9)26-20(30)10-5-12(10)22/h3-4,6-8,10,12H,5H2,1-2H3,(H,24,27)(H,26,30). The Morgan fingerprint density at radius 2 is 2.13 bits per heavy atom. The number of alkyl halides is 1. The molecule has 0 spiro atoms. The maximum absolute atomic E-state index is 15.1. The number of amides is 1. The minimum Gasteiger partial charge on any atom is -0.373 e. The summed E-state index contributed by atoms with van der Waals surface area (Å²) in [6.45, 7) is 0. The second-order valence-electron chi connectivity index (χ2n) is 7.56. The molecule has 1 aliphatic carbocycles. The maximum atomic E-state index is 15.1. The van der Waals surface area contributed by atoms with Crippen molar-refractivity contribution in [1.82, 2.24) is 19.6 Å². The first-order valence-corrected chi connectivity index (χ1v) is 9.68. The third kappa shape index (κ3) is 2.88. The number of benzene rings is 1. The molecular formula is C20H17ClF2N6O. The van der Waals surface area contributed by atoms with Gasteiger partial charge in [0.2, 0.25) is 5.91 Å². The molecule has 7 nitrogen and oxygen atoms in total. The van der Waals surface area contributed by atoms with E-state index in [0.29, 0.717) is 39.2 Å². The lowest BCUT2D eigenvalue weighted by Crippen LogP contribution is -2.15. The van der Waals surface area contributed by atoms with Gasteiger partial charge in [0, 0.05) is 36.8 Å². The van der Waals surface area contributed by atoms with Crippen molar-refractivity contribution in [1.29, 1.82) is 0 Å². The molecule has 1 aliphatic rings. The fourth-order valence-corrected chi connectivity index (χ4v) is 3.95. The predicted octanol–water partition coefficient (Wildman–Crippen LogP) is 4.03. The van der Waals surface area contributed by atoms with Crippen LogP contribution in [0.4, 0.5) is 20.3 Å². The molecule has 0 radical (unpaired) electrons. The maximum Gasteiger partial charge on any atom is 0.231 e. The van der Waals surface area contributed by atoms with Gasteiger partial charge in [-0.05, 0) is 18.6 Å². The molecule has 4 aromatic rings. The number of carbonyl (C=O) groups excluding carboxylic acids is 1. The number of anilines is 2. The largest absolute Gasteiger partial charge is 0.373 e. The normalized spacial score (nSPS) is 18.2. The van der Waals surface area contributed by atoms with E-state index in [1.165, 1.54) is 0 Å². The first kappa shape index (κ1) is 18.8. The van der Waals surface area contributed by atoms with Gasteiger partial charge in [0.15, 0.2) is 11.6 Å². The highest BCUT2D eigenvalue weighted by Crippen LogP contribution is 2.42. The number of halogens is 3. The van der Waals surface area contributed by atoms with E-state index in [2.05, 4.69) is 20.5 Å². The molecule has 2 N–H and O–H groups in total. The van der Waals surface area contributed by atoms with Gasteiger partial charge in [-0.25, -0.2) is 13.8 Å². The number of rotatable bonds is 4. The Morgan fingerprint density at radius 3 is 2.83 bits per heavy atom. The Balaban J connectivity index is 1.59. The molecule has 10 heteroatoms. The fourth-order valence-electron chi connectivity index (χ4n) is 3.65. The highest BCUT2D eigenvalue weighted by atomic mass is 35.5. The zero-order valence-electron chi connectivity index (χ0n) is 16.1. The van der Waals surface area contributed by atoms with Crippen molar-refractivity contribution >= 4 is 45.6 Å². The van der Waals surface area contributed by atoms with Crippen LogP contribution >= 0.6 is 11.6 Å². The number of hydrogen-bond donors (Lipinski definition) is 2. The number of fused-ring (bicyclic) bond motifs is 2. The third-order valence-electron chi connectivity index (χ3n) is 5.25. The molecule has 1 amide bonds. The van der Waals surface area contributed by atoms with Gasteiger partial charge in [-0.15, -0.1) is 0 Å². The zero-order valence-corrected chi connectivity index (χ0v) is 16.8. The minimum atomic E-state index is -1.08. The van der Waals surface area contributed by atoms with Crippen LogP contribution in [-0.4, -0.2) is 45.8 Å². The molecule has 2 unspecified atom stereocenters. The fraction of sp³-hybridized carbons (Fsp3) is 0.250. The Hall–Kier alpha value is -3.20. The van der Waals surface area contributed by atoms with Crippen molar-refractivity contribution in [3.63, 3.8) is 0 Å². The van der Waals surface area contributed by atoms with Gasteiger partial charge < -0.3 is 14.6 Å². The van der Waals surface area contributed by atoms with Crippen molar-refractivity contribution in [2.24, 2.45) is 5.92 Å². The van der Waals surface area contributed by atoms with Crippen molar-refractivity contribution in [3.8, 4) is 11.1 Å². The van der Waals surface area contributed by atoms with E-state index in [0.717, 1.165) is 0 Å². The average molecular weight is 431 g/mol. The van der Waals surface area contributed by atoms with Crippen LogP contribution in [0.15, 0.2) is 30.7 Å². The first-order chi connectivity index (χ1) is 14.3. The van der Waals surface area contributed by atoms with Gasteiger partial charge in [0.05, 0.1) is 28.9 Å². The molecule has 3 heterocycles. The van der Waals surface area contributed by atoms with Gasteiger partial charge in [0.1, 0.15) is 17.5 Å². The Morgan fingerprint density at radius 1 is 1.37 bits per heavy atom. The molecular weight excluding hydrogens is 414 g/mol. The smallest absolute Gasteiger partial charge is 0.231 e. The van der Waals surface area contributed by atoms with Crippen LogP contribution in [0.5, 0.6) is 0 Å². The summed E-state index contributed by atoms with van der Waals surface area (Å²) in [4.78, 5) is 17.9. The van der Waals surface area contributed by atoms with Crippen LogP contribution in [0.1, 0.15) is 6.42 Å². The van der Waals surface area contributed by atoms with E-state index < -0.39 is 17.9 Å². The van der Waals surface area contributed by atoms with E-state index in [9.17, 15) is 9.18 Å². The van der Waals surface area contributed by atoms with E-state index in [1.54, 1.807) is 54.1 Å².